The first-order valence-corrected chi connectivity index (χ1v) is 5.69. The maximum Gasteiger partial charge on any atom is 0.328 e. The Morgan fingerprint density at radius 2 is 2.12 bits per heavy atom. The van der Waals surface area contributed by atoms with Crippen LogP contribution in [0.5, 0.6) is 0 Å². The largest absolute Gasteiger partial charge is 0.478 e. The quantitative estimate of drug-likeness (QED) is 0.821. The number of hydrogen-bond donors (Lipinski definition) is 1. The van der Waals surface area contributed by atoms with Crippen molar-refractivity contribution in [1.82, 2.24) is 4.90 Å². The topological polar surface area (TPSA) is 40.5 Å². The fourth-order valence-corrected chi connectivity index (χ4v) is 1.85. The molecule has 0 aliphatic carbocycles. The number of halogens is 1. The third-order valence-corrected chi connectivity index (χ3v) is 2.66. The second kappa shape index (κ2) is 6.42. The molecule has 4 heteroatoms. The summed E-state index contributed by atoms with van der Waals surface area (Å²) in [7, 11) is 1.93. The minimum atomic E-state index is -0.909. The first kappa shape index (κ1) is 13.7. The Hall–Kier alpha value is -1.32. The highest BCUT2D eigenvalue weighted by Crippen LogP contribution is 2.16. The van der Waals surface area contributed by atoms with Gasteiger partial charge >= 0.3 is 5.97 Å². The van der Waals surface area contributed by atoms with Crippen LogP contribution in [0.1, 0.15) is 12.5 Å². The lowest BCUT2D eigenvalue weighted by molar-refractivity contribution is -0.131. The van der Waals surface area contributed by atoms with E-state index in [1.54, 1.807) is 6.92 Å². The van der Waals surface area contributed by atoms with E-state index in [4.69, 9.17) is 16.7 Å². The van der Waals surface area contributed by atoms with Gasteiger partial charge in [0.05, 0.1) is 0 Å². The molecule has 0 spiro atoms. The Labute approximate surface area is 106 Å². The molecule has 0 saturated carbocycles. The lowest BCUT2D eigenvalue weighted by atomic mass is 10.2. The van der Waals surface area contributed by atoms with Crippen molar-refractivity contribution < 1.29 is 9.90 Å². The molecule has 0 atom stereocenters. The second-order valence-corrected chi connectivity index (χ2v) is 4.50. The van der Waals surface area contributed by atoms with Crippen LogP contribution in [0.3, 0.4) is 0 Å². The van der Waals surface area contributed by atoms with Gasteiger partial charge < -0.3 is 5.11 Å². The van der Waals surface area contributed by atoms with Crippen molar-refractivity contribution in [3.05, 3.63) is 46.5 Å². The van der Waals surface area contributed by atoms with Gasteiger partial charge in [-0.2, -0.15) is 0 Å². The monoisotopic (exact) mass is 253 g/mol. The molecule has 0 fully saturated rings. The van der Waals surface area contributed by atoms with Crippen molar-refractivity contribution in [3.63, 3.8) is 0 Å². The first-order valence-electron chi connectivity index (χ1n) is 5.31. The van der Waals surface area contributed by atoms with Crippen molar-refractivity contribution in [2.45, 2.75) is 13.5 Å². The van der Waals surface area contributed by atoms with Crippen molar-refractivity contribution in [2.75, 3.05) is 13.6 Å². The van der Waals surface area contributed by atoms with E-state index in [2.05, 4.69) is 0 Å². The van der Waals surface area contributed by atoms with Crippen LogP contribution in [0.15, 0.2) is 35.9 Å². The van der Waals surface area contributed by atoms with Gasteiger partial charge in [0.2, 0.25) is 0 Å². The molecule has 0 unspecified atom stereocenters. The van der Waals surface area contributed by atoms with Gasteiger partial charge in [-0.3, -0.25) is 4.90 Å². The van der Waals surface area contributed by atoms with Gasteiger partial charge in [-0.05, 0) is 25.6 Å². The molecule has 1 rings (SSSR count). The number of nitrogens with zero attached hydrogens (tertiary/aromatic N) is 1. The van der Waals surface area contributed by atoms with Gasteiger partial charge in [-0.1, -0.05) is 35.4 Å². The van der Waals surface area contributed by atoms with Gasteiger partial charge in [-0.15, -0.1) is 0 Å². The number of aliphatic carboxylic acids is 1. The fraction of sp³-hybridized carbons (Fsp3) is 0.308. The van der Waals surface area contributed by atoms with Crippen LogP contribution in [0.2, 0.25) is 5.02 Å². The molecule has 0 bridgehead atoms. The van der Waals surface area contributed by atoms with E-state index in [1.165, 1.54) is 6.08 Å². The molecule has 1 N–H and O–H groups in total. The number of rotatable bonds is 5. The summed E-state index contributed by atoms with van der Waals surface area (Å²) in [5.41, 5.74) is 1.85. The zero-order valence-electron chi connectivity index (χ0n) is 9.98. The molecular weight excluding hydrogens is 238 g/mol. The van der Waals surface area contributed by atoms with Gasteiger partial charge in [0.15, 0.2) is 0 Å². The van der Waals surface area contributed by atoms with E-state index in [-0.39, 0.29) is 0 Å². The molecule has 0 amide bonds. The number of carboxylic acid groups (broad SMARTS) is 1. The first-order chi connectivity index (χ1) is 7.99. The predicted octanol–water partition coefficient (Wildman–Crippen LogP) is 2.80. The van der Waals surface area contributed by atoms with Crippen molar-refractivity contribution >= 4 is 17.6 Å². The SMILES string of the molecule is CC(=CC(=O)O)CN(C)Cc1ccccc1Cl. The van der Waals surface area contributed by atoms with Crippen LogP contribution in [0.25, 0.3) is 0 Å². The van der Waals surface area contributed by atoms with E-state index < -0.39 is 5.97 Å². The minimum absolute atomic E-state index is 0.609. The van der Waals surface area contributed by atoms with Gasteiger partial charge in [0.1, 0.15) is 0 Å². The van der Waals surface area contributed by atoms with Crippen molar-refractivity contribution in [3.8, 4) is 0 Å². The average molecular weight is 254 g/mol. The summed E-state index contributed by atoms with van der Waals surface area (Å²) in [5.74, 6) is -0.909. The minimum Gasteiger partial charge on any atom is -0.478 e. The molecule has 92 valence electrons. The van der Waals surface area contributed by atoms with Gasteiger partial charge in [0.25, 0.3) is 0 Å². The van der Waals surface area contributed by atoms with Crippen LogP contribution >= 0.6 is 11.6 Å². The Morgan fingerprint density at radius 3 is 2.71 bits per heavy atom. The molecule has 3 nitrogen and oxygen atoms in total. The Balaban J connectivity index is 2.59. The molecule has 0 radical (unpaired) electrons. The summed E-state index contributed by atoms with van der Waals surface area (Å²) >= 11 is 6.05. The van der Waals surface area contributed by atoms with Crippen molar-refractivity contribution in [2.24, 2.45) is 0 Å². The highest BCUT2D eigenvalue weighted by Gasteiger charge is 2.05. The van der Waals surface area contributed by atoms with Crippen LogP contribution in [-0.2, 0) is 11.3 Å². The van der Waals surface area contributed by atoms with E-state index in [1.807, 2.05) is 36.2 Å². The normalized spacial score (nSPS) is 11.9. The number of carbonyl (C=O) groups is 1. The summed E-state index contributed by atoms with van der Waals surface area (Å²) in [6.07, 6.45) is 1.23. The molecule has 0 heterocycles. The number of likely N-dealkylation sites (N-methyl/N-ethyl adjacent to an activating group) is 1. The standard InChI is InChI=1S/C13H16ClNO2/c1-10(7-13(16)17)8-15(2)9-11-5-3-4-6-12(11)14/h3-7H,8-9H2,1-2H3,(H,16,17). The average Bonchev–Trinajstić information content (AvgIpc) is 2.19. The van der Waals surface area contributed by atoms with E-state index in [0.29, 0.717) is 13.1 Å². The molecule has 1 aromatic rings. The van der Waals surface area contributed by atoms with Gasteiger partial charge in [0, 0.05) is 24.2 Å². The summed E-state index contributed by atoms with van der Waals surface area (Å²) < 4.78 is 0. The van der Waals surface area contributed by atoms with E-state index >= 15 is 0 Å². The van der Waals surface area contributed by atoms with Crippen LogP contribution in [-0.4, -0.2) is 29.6 Å². The summed E-state index contributed by atoms with van der Waals surface area (Å²) in [5, 5.41) is 9.35. The van der Waals surface area contributed by atoms with E-state index in [9.17, 15) is 4.79 Å². The number of carboxylic acids is 1. The molecule has 0 aliphatic heterocycles. The highest BCUT2D eigenvalue weighted by molar-refractivity contribution is 6.31. The molecule has 17 heavy (non-hydrogen) atoms. The lowest BCUT2D eigenvalue weighted by Gasteiger charge is -2.17. The number of hydrogen-bond acceptors (Lipinski definition) is 2. The Kier molecular flexibility index (Phi) is 5.19. The number of benzene rings is 1. The fourth-order valence-electron chi connectivity index (χ4n) is 1.66. The summed E-state index contributed by atoms with van der Waals surface area (Å²) in [6, 6.07) is 7.65. The van der Waals surface area contributed by atoms with Crippen LogP contribution < -0.4 is 0 Å². The summed E-state index contributed by atoms with van der Waals surface area (Å²) in [6.45, 7) is 3.11. The molecule has 0 aliphatic rings. The van der Waals surface area contributed by atoms with Crippen LogP contribution in [0, 0.1) is 0 Å². The highest BCUT2D eigenvalue weighted by atomic mass is 35.5. The molecule has 0 aromatic heterocycles. The second-order valence-electron chi connectivity index (χ2n) is 4.09. The Bertz CT molecular complexity index is 429. The third kappa shape index (κ3) is 5.02. The maximum atomic E-state index is 10.5. The van der Waals surface area contributed by atoms with E-state index in [0.717, 1.165) is 16.2 Å². The lowest BCUT2D eigenvalue weighted by Crippen LogP contribution is -2.20. The third-order valence-electron chi connectivity index (χ3n) is 2.29. The zero-order chi connectivity index (χ0) is 12.8. The van der Waals surface area contributed by atoms with Gasteiger partial charge in [-0.25, -0.2) is 4.79 Å². The smallest absolute Gasteiger partial charge is 0.328 e. The summed E-state index contributed by atoms with van der Waals surface area (Å²) in [4.78, 5) is 12.5. The van der Waals surface area contributed by atoms with Crippen LogP contribution in [0.4, 0.5) is 0 Å². The zero-order valence-corrected chi connectivity index (χ0v) is 10.7. The molecular formula is C13H16ClNO2. The molecule has 1 aromatic carbocycles. The molecule has 0 saturated heterocycles. The maximum absolute atomic E-state index is 10.5. The Morgan fingerprint density at radius 1 is 1.47 bits per heavy atom. The van der Waals surface area contributed by atoms with Crippen molar-refractivity contribution in [1.29, 1.82) is 0 Å². The predicted molar refractivity (Wildman–Crippen MR) is 69.2 cm³/mol.